The average molecular weight is 273 g/mol. The van der Waals surface area contributed by atoms with E-state index in [0.717, 1.165) is 4.57 Å². The van der Waals surface area contributed by atoms with Crippen LogP contribution in [-0.4, -0.2) is 50.9 Å². The Morgan fingerprint density at radius 1 is 1.79 bits per heavy atom. The predicted octanol–water partition coefficient (Wildman–Crippen LogP) is -1.15. The molecule has 0 radical (unpaired) electrons. The van der Waals surface area contributed by atoms with Crippen LogP contribution in [0.5, 0.6) is 0 Å². The van der Waals surface area contributed by atoms with Gasteiger partial charge in [-0.1, -0.05) is 0 Å². The van der Waals surface area contributed by atoms with Crippen LogP contribution in [0.1, 0.15) is 13.0 Å². The van der Waals surface area contributed by atoms with Crippen molar-refractivity contribution < 1.29 is 19.3 Å². The molecule has 1 aromatic heterocycles. The Morgan fingerprint density at radius 3 is 3.00 bits per heavy atom. The minimum Gasteiger partial charge on any atom is -0.394 e. The number of ether oxygens (including phenoxy) is 1. The van der Waals surface area contributed by atoms with Gasteiger partial charge in [0.25, 0.3) is 0 Å². The van der Waals surface area contributed by atoms with Gasteiger partial charge in [-0.2, -0.15) is 4.98 Å². The Morgan fingerprint density at radius 2 is 2.47 bits per heavy atom. The summed E-state index contributed by atoms with van der Waals surface area (Å²) in [7, 11) is 0. The molecule has 0 spiro atoms. The first-order valence-corrected chi connectivity index (χ1v) is 5.84. The fourth-order valence-electron chi connectivity index (χ4n) is 2.19. The summed E-state index contributed by atoms with van der Waals surface area (Å²) in [5, 5.41) is 18.8. The molecule has 1 fully saturated rings. The number of nitrogen functional groups attached to an aromatic ring is 1. The number of aliphatic hydroxyl groups is 2. The highest BCUT2D eigenvalue weighted by Gasteiger charge is 2.54. The molecule has 0 bridgehead atoms. The van der Waals surface area contributed by atoms with Crippen LogP contribution in [0, 0.1) is 0 Å². The molecular weight excluding hydrogens is 257 g/mol. The molecule has 1 aliphatic heterocycles. The van der Waals surface area contributed by atoms with Crippen LogP contribution < -0.4 is 11.4 Å². The van der Waals surface area contributed by atoms with E-state index < -0.39 is 42.8 Å². The largest absolute Gasteiger partial charge is 0.394 e. The summed E-state index contributed by atoms with van der Waals surface area (Å²) >= 11 is 0. The number of aliphatic hydroxyl groups excluding tert-OH is 2. The first-order valence-electron chi connectivity index (χ1n) is 5.84. The molecular formula is C11H16FN3O4. The quantitative estimate of drug-likeness (QED) is 0.641. The molecule has 1 aliphatic rings. The molecule has 2 rings (SSSR count). The summed E-state index contributed by atoms with van der Waals surface area (Å²) in [4.78, 5) is 15.2. The van der Waals surface area contributed by atoms with Crippen molar-refractivity contribution in [1.29, 1.82) is 0 Å². The van der Waals surface area contributed by atoms with Crippen molar-refractivity contribution in [3.8, 4) is 0 Å². The Labute approximate surface area is 108 Å². The lowest BCUT2D eigenvalue weighted by Gasteiger charge is -2.30. The third-order valence-corrected chi connectivity index (χ3v) is 3.51. The van der Waals surface area contributed by atoms with Gasteiger partial charge in [0.15, 0.2) is 5.67 Å². The van der Waals surface area contributed by atoms with E-state index in [9.17, 15) is 14.3 Å². The molecule has 2 heterocycles. The molecule has 7 nitrogen and oxygen atoms in total. The van der Waals surface area contributed by atoms with Gasteiger partial charge in [-0.15, -0.1) is 0 Å². The van der Waals surface area contributed by atoms with E-state index in [1.54, 1.807) is 0 Å². The van der Waals surface area contributed by atoms with Crippen molar-refractivity contribution in [2.45, 2.75) is 30.8 Å². The molecule has 0 amide bonds. The number of alkyl halides is 1. The van der Waals surface area contributed by atoms with Gasteiger partial charge >= 0.3 is 5.69 Å². The third kappa shape index (κ3) is 2.22. The molecule has 8 heteroatoms. The molecule has 0 aromatic carbocycles. The van der Waals surface area contributed by atoms with Crippen LogP contribution in [0.2, 0.25) is 0 Å². The van der Waals surface area contributed by atoms with Crippen molar-refractivity contribution in [2.24, 2.45) is 0 Å². The number of aromatic nitrogens is 2. The van der Waals surface area contributed by atoms with E-state index in [2.05, 4.69) is 4.98 Å². The van der Waals surface area contributed by atoms with E-state index in [1.165, 1.54) is 19.2 Å². The number of nitrogens with two attached hydrogens (primary N) is 1. The van der Waals surface area contributed by atoms with E-state index in [1.807, 2.05) is 0 Å². The Kier molecular flexibility index (Phi) is 3.57. The van der Waals surface area contributed by atoms with Gasteiger partial charge in [-0.05, 0) is 13.0 Å². The molecule has 0 saturated carbocycles. The second-order valence-electron chi connectivity index (χ2n) is 4.62. The maximum absolute atomic E-state index is 14.8. The lowest BCUT2D eigenvalue weighted by molar-refractivity contribution is -0.0301. The standard InChI is InChI=1S/C11H16FN3O4/c1-6(15-3-2-8(13)14-10(15)18)11(12)5-19-7(4-16)9(11)17/h2-3,6-7,9,16-17H,4-5H2,1H3,(H2,13,14,18)/t6-,7-,9?,11?/m1/s1. The van der Waals surface area contributed by atoms with Crippen LogP contribution in [0.3, 0.4) is 0 Å². The number of halogens is 1. The topological polar surface area (TPSA) is 111 Å². The molecule has 4 N–H and O–H groups in total. The minimum absolute atomic E-state index is 0.0396. The van der Waals surface area contributed by atoms with Crippen molar-refractivity contribution in [3.63, 3.8) is 0 Å². The summed E-state index contributed by atoms with van der Waals surface area (Å²) in [6, 6.07) is 0.368. The first-order chi connectivity index (χ1) is 8.90. The summed E-state index contributed by atoms with van der Waals surface area (Å²) in [6.45, 7) is 0.539. The van der Waals surface area contributed by atoms with Gasteiger partial charge in [-0.25, -0.2) is 9.18 Å². The molecule has 1 aromatic rings. The van der Waals surface area contributed by atoms with Crippen molar-refractivity contribution in [2.75, 3.05) is 18.9 Å². The molecule has 2 unspecified atom stereocenters. The minimum atomic E-state index is -2.17. The smallest absolute Gasteiger partial charge is 0.349 e. The highest BCUT2D eigenvalue weighted by Crippen LogP contribution is 2.37. The predicted molar refractivity (Wildman–Crippen MR) is 64.3 cm³/mol. The van der Waals surface area contributed by atoms with Crippen molar-refractivity contribution >= 4 is 5.82 Å². The fourth-order valence-corrected chi connectivity index (χ4v) is 2.19. The molecule has 106 valence electrons. The number of anilines is 1. The molecule has 0 aliphatic carbocycles. The van der Waals surface area contributed by atoms with Crippen LogP contribution in [-0.2, 0) is 4.74 Å². The zero-order chi connectivity index (χ0) is 14.2. The average Bonchev–Trinajstić information content (AvgIpc) is 2.66. The summed E-state index contributed by atoms with van der Waals surface area (Å²) in [5.74, 6) is 0.0396. The third-order valence-electron chi connectivity index (χ3n) is 3.51. The summed E-state index contributed by atoms with van der Waals surface area (Å²) < 4.78 is 20.8. The molecule has 1 saturated heterocycles. The fraction of sp³-hybridized carbons (Fsp3) is 0.636. The summed E-state index contributed by atoms with van der Waals surface area (Å²) in [6.07, 6.45) is -1.20. The van der Waals surface area contributed by atoms with Gasteiger partial charge in [-0.3, -0.25) is 4.57 Å². The van der Waals surface area contributed by atoms with Crippen LogP contribution in [0.25, 0.3) is 0 Å². The maximum atomic E-state index is 14.8. The van der Waals surface area contributed by atoms with Gasteiger partial charge in [0.2, 0.25) is 0 Å². The number of hydrogen-bond acceptors (Lipinski definition) is 6. The maximum Gasteiger partial charge on any atom is 0.349 e. The van der Waals surface area contributed by atoms with E-state index in [4.69, 9.17) is 15.6 Å². The lowest BCUT2D eigenvalue weighted by Crippen LogP contribution is -2.49. The molecule has 19 heavy (non-hydrogen) atoms. The van der Waals surface area contributed by atoms with Gasteiger partial charge < -0.3 is 20.7 Å². The second-order valence-corrected chi connectivity index (χ2v) is 4.62. The molecule has 4 atom stereocenters. The highest BCUT2D eigenvalue weighted by molar-refractivity contribution is 5.24. The zero-order valence-electron chi connectivity index (χ0n) is 10.4. The van der Waals surface area contributed by atoms with Gasteiger partial charge in [0.05, 0.1) is 19.3 Å². The number of nitrogens with zero attached hydrogens (tertiary/aromatic N) is 2. The second kappa shape index (κ2) is 4.87. The van der Waals surface area contributed by atoms with Crippen molar-refractivity contribution in [1.82, 2.24) is 9.55 Å². The van der Waals surface area contributed by atoms with Crippen molar-refractivity contribution in [3.05, 3.63) is 22.7 Å². The highest BCUT2D eigenvalue weighted by atomic mass is 19.1. The monoisotopic (exact) mass is 273 g/mol. The van der Waals surface area contributed by atoms with Crippen LogP contribution in [0.4, 0.5) is 10.2 Å². The Bertz CT molecular complexity index is 523. The number of hydrogen-bond donors (Lipinski definition) is 3. The van der Waals surface area contributed by atoms with E-state index in [0.29, 0.717) is 0 Å². The SMILES string of the molecule is C[C@@H](n1ccc(N)nc1=O)C1(F)CO[C@H](CO)C1O. The van der Waals surface area contributed by atoms with Crippen LogP contribution >= 0.6 is 0 Å². The van der Waals surface area contributed by atoms with E-state index in [-0.39, 0.29) is 5.82 Å². The van der Waals surface area contributed by atoms with Crippen LogP contribution in [0.15, 0.2) is 17.1 Å². The lowest BCUT2D eigenvalue weighted by atomic mass is 9.91. The Hall–Kier alpha value is -1.51. The first kappa shape index (κ1) is 13.9. The normalized spacial score (nSPS) is 32.4. The van der Waals surface area contributed by atoms with E-state index >= 15 is 0 Å². The zero-order valence-corrected chi connectivity index (χ0v) is 10.4. The number of rotatable bonds is 3. The van der Waals surface area contributed by atoms with Gasteiger partial charge in [0, 0.05) is 6.20 Å². The van der Waals surface area contributed by atoms with Gasteiger partial charge in [0.1, 0.15) is 18.0 Å². The Balaban J connectivity index is 2.33. The summed E-state index contributed by atoms with van der Waals surface area (Å²) in [5.41, 5.74) is 2.48.